The average Bonchev–Trinajstić information content (AvgIpc) is 3.82. The Bertz CT molecular complexity index is 3600. The Kier molecular flexibility index (Phi) is 7.72. The van der Waals surface area contributed by atoms with Crippen LogP contribution in [-0.4, -0.2) is 9.13 Å². The summed E-state index contributed by atoms with van der Waals surface area (Å²) < 4.78 is 5.93. The summed E-state index contributed by atoms with van der Waals surface area (Å²) in [6.45, 7) is 0. The van der Waals surface area contributed by atoms with Crippen molar-refractivity contribution in [2.45, 2.75) is 0 Å². The summed E-state index contributed by atoms with van der Waals surface area (Å²) in [6.07, 6.45) is 0. The Morgan fingerprint density at radius 1 is 0.288 bits per heavy atom. The van der Waals surface area contributed by atoms with Crippen molar-refractivity contribution < 1.29 is 0 Å². The highest BCUT2D eigenvalue weighted by molar-refractivity contribution is 9.10. The Morgan fingerprint density at radius 2 is 0.831 bits per heavy atom. The monoisotopic (exact) mass is 814 g/mol. The summed E-state index contributed by atoms with van der Waals surface area (Å²) >= 11 is 3.68. The lowest BCUT2D eigenvalue weighted by molar-refractivity contribution is 1.18. The van der Waals surface area contributed by atoms with Crippen molar-refractivity contribution >= 4 is 81.1 Å². The van der Waals surface area contributed by atoms with Crippen LogP contribution in [0.15, 0.2) is 217 Å². The molecule has 0 aliphatic rings. The molecule has 0 aliphatic carbocycles. The minimum absolute atomic E-state index is 1.06. The lowest BCUT2D eigenvalue weighted by Crippen LogP contribution is -1.94. The van der Waals surface area contributed by atoms with Crippen LogP contribution < -0.4 is 0 Å². The van der Waals surface area contributed by atoms with E-state index in [0.717, 1.165) is 15.8 Å². The maximum absolute atomic E-state index is 3.68. The molecule has 0 saturated carbocycles. The summed E-state index contributed by atoms with van der Waals surface area (Å²) in [5.41, 5.74) is 14.2. The fourth-order valence-electron chi connectivity index (χ4n) is 9.50. The first kappa shape index (κ1) is 33.9. The van der Waals surface area contributed by atoms with Gasteiger partial charge >= 0.3 is 0 Å². The fourth-order valence-corrected chi connectivity index (χ4v) is 9.76. The van der Waals surface area contributed by atoms with Crippen LogP contribution in [0.2, 0.25) is 0 Å². The van der Waals surface area contributed by atoms with E-state index in [1.54, 1.807) is 0 Å². The molecule has 0 atom stereocenters. The van der Waals surface area contributed by atoms with Crippen LogP contribution in [-0.2, 0) is 0 Å². The van der Waals surface area contributed by atoms with Gasteiger partial charge in [-0.25, -0.2) is 0 Å². The molecular formula is C56H35BrN2. The number of rotatable bonds is 5. The molecule has 0 spiro atoms. The third kappa shape index (κ3) is 5.39. The number of nitrogens with zero attached hydrogens (tertiary/aromatic N) is 2. The molecule has 0 fully saturated rings. The zero-order valence-corrected chi connectivity index (χ0v) is 33.6. The number of fused-ring (bicyclic) bond motifs is 10. The van der Waals surface area contributed by atoms with Crippen molar-refractivity contribution in [3.63, 3.8) is 0 Å². The summed E-state index contributed by atoms with van der Waals surface area (Å²) in [7, 11) is 0. The van der Waals surface area contributed by atoms with Gasteiger partial charge in [-0.3, -0.25) is 0 Å². The fraction of sp³-hybridized carbons (Fsp3) is 0. The van der Waals surface area contributed by atoms with Gasteiger partial charge in [-0.15, -0.1) is 0 Å². The van der Waals surface area contributed by atoms with Crippen LogP contribution in [0.1, 0.15) is 0 Å². The standard InChI is InChI=1S/C56H35BrN2/c57-42-27-23-36(24-28-42)39-31-40(38-25-29-48-47-20-11-12-22-51(47)58(53(48)34-38)43-14-3-1-4-15-43)33-41(32-39)50-35-54-56(49-21-10-9-19-46(49)50)55-45-18-8-7-13-37(45)26-30-52(55)59(54)44-16-5-2-6-17-44/h1-35H. The number of para-hydroxylation sites is 3. The summed E-state index contributed by atoms with van der Waals surface area (Å²) in [5.74, 6) is 0. The zero-order valence-electron chi connectivity index (χ0n) is 32.0. The van der Waals surface area contributed by atoms with Gasteiger partial charge in [-0.05, 0) is 134 Å². The van der Waals surface area contributed by atoms with Gasteiger partial charge in [0.05, 0.1) is 22.1 Å². The molecule has 0 saturated heterocycles. The van der Waals surface area contributed by atoms with Gasteiger partial charge in [0.1, 0.15) is 0 Å². The number of aromatic nitrogens is 2. The Balaban J connectivity index is 1.17. The molecule has 0 N–H and O–H groups in total. The average molecular weight is 816 g/mol. The van der Waals surface area contributed by atoms with Gasteiger partial charge < -0.3 is 9.13 Å². The molecule has 12 rings (SSSR count). The third-order valence-electron chi connectivity index (χ3n) is 12.1. The van der Waals surface area contributed by atoms with Crippen molar-refractivity contribution in [2.24, 2.45) is 0 Å². The molecule has 2 heterocycles. The van der Waals surface area contributed by atoms with Crippen LogP contribution in [0.5, 0.6) is 0 Å². The number of hydrogen-bond donors (Lipinski definition) is 0. The smallest absolute Gasteiger partial charge is 0.0553 e. The van der Waals surface area contributed by atoms with Crippen LogP contribution in [0.3, 0.4) is 0 Å². The van der Waals surface area contributed by atoms with Crippen molar-refractivity contribution in [3.8, 4) is 44.8 Å². The van der Waals surface area contributed by atoms with Crippen LogP contribution in [0.4, 0.5) is 0 Å². The Hall–Kier alpha value is -7.20. The van der Waals surface area contributed by atoms with Gasteiger partial charge in [0.2, 0.25) is 0 Å². The Labute approximate surface area is 350 Å². The lowest BCUT2D eigenvalue weighted by atomic mass is 9.89. The first-order valence-corrected chi connectivity index (χ1v) is 20.9. The summed E-state index contributed by atoms with van der Waals surface area (Å²) in [6, 6.07) is 77.9. The molecule has 0 aliphatic heterocycles. The molecule has 2 aromatic heterocycles. The van der Waals surface area contributed by atoms with Crippen LogP contribution >= 0.6 is 15.9 Å². The molecule has 0 bridgehead atoms. The van der Waals surface area contributed by atoms with Crippen molar-refractivity contribution in [2.75, 3.05) is 0 Å². The van der Waals surface area contributed by atoms with Crippen LogP contribution in [0.25, 0.3) is 110 Å². The predicted molar refractivity (Wildman–Crippen MR) is 254 cm³/mol. The molecule has 276 valence electrons. The topological polar surface area (TPSA) is 9.86 Å². The van der Waals surface area contributed by atoms with E-state index in [1.807, 2.05) is 0 Å². The van der Waals surface area contributed by atoms with E-state index >= 15 is 0 Å². The van der Waals surface area contributed by atoms with Gasteiger partial charge in [0.25, 0.3) is 0 Å². The molecule has 59 heavy (non-hydrogen) atoms. The molecule has 10 aromatic carbocycles. The van der Waals surface area contributed by atoms with Gasteiger partial charge in [-0.1, -0.05) is 149 Å². The molecule has 0 amide bonds. The van der Waals surface area contributed by atoms with E-state index in [9.17, 15) is 0 Å². The third-order valence-corrected chi connectivity index (χ3v) is 12.6. The minimum atomic E-state index is 1.06. The van der Waals surface area contributed by atoms with Crippen molar-refractivity contribution in [1.82, 2.24) is 9.13 Å². The van der Waals surface area contributed by atoms with E-state index < -0.39 is 0 Å². The maximum atomic E-state index is 3.68. The minimum Gasteiger partial charge on any atom is -0.309 e. The Morgan fingerprint density at radius 3 is 1.58 bits per heavy atom. The zero-order chi connectivity index (χ0) is 39.0. The maximum Gasteiger partial charge on any atom is 0.0553 e. The quantitative estimate of drug-likeness (QED) is 0.164. The second kappa shape index (κ2) is 13.4. The molecule has 0 radical (unpaired) electrons. The molecule has 12 aromatic rings. The van der Waals surface area contributed by atoms with E-state index in [-0.39, 0.29) is 0 Å². The molecular weight excluding hydrogens is 781 g/mol. The lowest BCUT2D eigenvalue weighted by Gasteiger charge is -2.15. The van der Waals surface area contributed by atoms with Crippen molar-refractivity contribution in [3.05, 3.63) is 217 Å². The summed E-state index contributed by atoms with van der Waals surface area (Å²) in [5, 5.41) is 10.1. The van der Waals surface area contributed by atoms with E-state index in [1.165, 1.54) is 98.5 Å². The highest BCUT2D eigenvalue weighted by atomic mass is 79.9. The van der Waals surface area contributed by atoms with Crippen molar-refractivity contribution in [1.29, 1.82) is 0 Å². The number of hydrogen-bond acceptors (Lipinski definition) is 0. The van der Waals surface area contributed by atoms with E-state index in [2.05, 4.69) is 237 Å². The SMILES string of the molecule is Brc1ccc(-c2cc(-c3ccc4c5ccccc5n(-c5ccccc5)c4c3)cc(-c3cc4c(c5ccccc35)c3c5ccccc5ccc3n4-c3ccccc3)c2)cc1. The first-order valence-electron chi connectivity index (χ1n) is 20.1. The highest BCUT2D eigenvalue weighted by Crippen LogP contribution is 2.45. The second-order valence-corrected chi connectivity index (χ2v) is 16.4. The molecule has 2 nitrogen and oxygen atoms in total. The largest absolute Gasteiger partial charge is 0.309 e. The van der Waals surface area contributed by atoms with Gasteiger partial charge in [-0.2, -0.15) is 0 Å². The highest BCUT2D eigenvalue weighted by Gasteiger charge is 2.21. The second-order valence-electron chi connectivity index (χ2n) is 15.4. The normalized spacial score (nSPS) is 11.8. The van der Waals surface area contributed by atoms with Crippen LogP contribution in [0, 0.1) is 0 Å². The number of halogens is 1. The first-order chi connectivity index (χ1) is 29.2. The molecule has 0 unspecified atom stereocenters. The number of benzene rings is 10. The predicted octanol–water partition coefficient (Wildman–Crippen LogP) is 16.0. The summed E-state index contributed by atoms with van der Waals surface area (Å²) in [4.78, 5) is 0. The van der Waals surface area contributed by atoms with E-state index in [4.69, 9.17) is 0 Å². The van der Waals surface area contributed by atoms with E-state index in [0.29, 0.717) is 0 Å². The molecule has 3 heteroatoms. The van der Waals surface area contributed by atoms with Gasteiger partial charge in [0.15, 0.2) is 0 Å². The van der Waals surface area contributed by atoms with Gasteiger partial charge in [0, 0.05) is 37.4 Å².